The Morgan fingerprint density at radius 2 is 2.00 bits per heavy atom. The number of benzene rings is 1. The van der Waals surface area contributed by atoms with Crippen molar-refractivity contribution in [3.05, 3.63) is 29.6 Å². The third kappa shape index (κ3) is 3.89. The number of hydrogen-bond acceptors (Lipinski definition) is 2. The second kappa shape index (κ2) is 5.35. The zero-order valence-corrected chi connectivity index (χ0v) is 9.11. The van der Waals surface area contributed by atoms with Crippen LogP contribution in [0, 0.1) is 5.82 Å². The molecule has 0 aliphatic heterocycles. The summed E-state index contributed by atoms with van der Waals surface area (Å²) in [5, 5.41) is 0. The molecule has 0 unspecified atom stereocenters. The van der Waals surface area contributed by atoms with Crippen molar-refractivity contribution in [2.24, 2.45) is 0 Å². The van der Waals surface area contributed by atoms with E-state index in [0.29, 0.717) is 0 Å². The summed E-state index contributed by atoms with van der Waals surface area (Å²) in [6, 6.07) is 2.96. The fourth-order valence-corrected chi connectivity index (χ4v) is 1.34. The minimum atomic E-state index is -5.06. The average Bonchev–Trinajstić information content (AvgIpc) is 2.19. The van der Waals surface area contributed by atoms with Gasteiger partial charge >= 0.3 is 6.36 Å². The number of carbonyl (C=O) groups is 1. The van der Waals surface area contributed by atoms with Crippen molar-refractivity contribution in [2.45, 2.75) is 12.8 Å². The molecule has 0 heterocycles. The predicted molar refractivity (Wildman–Crippen MR) is 52.8 cm³/mol. The molecule has 1 aromatic rings. The summed E-state index contributed by atoms with van der Waals surface area (Å²) in [7, 11) is 0. The number of Topliss-reactive ketones (excluding diaryl/α,β-unsaturated/α-hetero) is 1. The van der Waals surface area contributed by atoms with Crippen LogP contribution >= 0.6 is 11.6 Å². The Bertz CT molecular complexity index is 417. The minimum absolute atomic E-state index is 0.0686. The first-order valence-electron chi connectivity index (χ1n) is 4.48. The van der Waals surface area contributed by atoms with Crippen molar-refractivity contribution in [3.63, 3.8) is 0 Å². The molecule has 0 fully saturated rings. The SMILES string of the molecule is O=C(CCCl)c1cccc(F)c1OC(F)(F)F. The largest absolute Gasteiger partial charge is 0.573 e. The molecule has 2 nitrogen and oxygen atoms in total. The van der Waals surface area contributed by atoms with Crippen molar-refractivity contribution in [2.75, 3.05) is 5.88 Å². The molecule has 0 saturated carbocycles. The van der Waals surface area contributed by atoms with Gasteiger partial charge in [0.25, 0.3) is 0 Å². The van der Waals surface area contributed by atoms with Gasteiger partial charge in [-0.2, -0.15) is 0 Å². The van der Waals surface area contributed by atoms with Crippen LogP contribution in [0.15, 0.2) is 18.2 Å². The molecule has 1 aromatic carbocycles. The standard InChI is InChI=1S/C10H7ClF4O2/c11-5-4-8(16)6-2-1-3-7(12)9(6)17-10(13,14)15/h1-3H,4-5H2. The molecule has 0 aliphatic carbocycles. The molecule has 0 aromatic heterocycles. The second-order valence-corrected chi connectivity index (χ2v) is 3.40. The smallest absolute Gasteiger partial charge is 0.402 e. The fraction of sp³-hybridized carbons (Fsp3) is 0.300. The third-order valence-electron chi connectivity index (χ3n) is 1.81. The van der Waals surface area contributed by atoms with Gasteiger partial charge in [-0.1, -0.05) is 6.07 Å². The van der Waals surface area contributed by atoms with E-state index in [1.807, 2.05) is 0 Å². The molecule has 17 heavy (non-hydrogen) atoms. The summed E-state index contributed by atoms with van der Waals surface area (Å²) in [4.78, 5) is 11.4. The maximum atomic E-state index is 13.2. The molecule has 94 valence electrons. The first-order chi connectivity index (χ1) is 7.85. The van der Waals surface area contributed by atoms with E-state index >= 15 is 0 Å². The van der Waals surface area contributed by atoms with Crippen molar-refractivity contribution in [1.29, 1.82) is 0 Å². The van der Waals surface area contributed by atoms with Crippen molar-refractivity contribution >= 4 is 17.4 Å². The van der Waals surface area contributed by atoms with Crippen LogP contribution in [-0.4, -0.2) is 18.0 Å². The van der Waals surface area contributed by atoms with Crippen LogP contribution in [0.2, 0.25) is 0 Å². The van der Waals surface area contributed by atoms with Gasteiger partial charge < -0.3 is 4.74 Å². The lowest BCUT2D eigenvalue weighted by atomic mass is 10.1. The molecule has 0 spiro atoms. The lowest BCUT2D eigenvalue weighted by Crippen LogP contribution is -2.20. The highest BCUT2D eigenvalue weighted by molar-refractivity contribution is 6.19. The highest BCUT2D eigenvalue weighted by Crippen LogP contribution is 2.30. The molecule has 7 heteroatoms. The van der Waals surface area contributed by atoms with Crippen LogP contribution in [0.1, 0.15) is 16.8 Å². The number of hydrogen-bond donors (Lipinski definition) is 0. The summed E-state index contributed by atoms with van der Waals surface area (Å²) < 4.78 is 52.7. The molecule has 1 rings (SSSR count). The van der Waals surface area contributed by atoms with E-state index in [2.05, 4.69) is 4.74 Å². The predicted octanol–water partition coefficient (Wildman–Crippen LogP) is 3.54. The van der Waals surface area contributed by atoms with E-state index in [-0.39, 0.29) is 12.3 Å². The summed E-state index contributed by atoms with van der Waals surface area (Å²) >= 11 is 5.29. The van der Waals surface area contributed by atoms with Crippen LogP contribution in [0.4, 0.5) is 17.6 Å². The molecule has 0 amide bonds. The fourth-order valence-electron chi connectivity index (χ4n) is 1.17. The van der Waals surface area contributed by atoms with E-state index in [9.17, 15) is 22.4 Å². The summed E-state index contributed by atoms with van der Waals surface area (Å²) in [6.07, 6.45) is -5.25. The highest BCUT2D eigenvalue weighted by atomic mass is 35.5. The van der Waals surface area contributed by atoms with Crippen molar-refractivity contribution < 1.29 is 27.1 Å². The Morgan fingerprint density at radius 3 is 2.53 bits per heavy atom. The molecule has 0 radical (unpaired) electrons. The molecular weight excluding hydrogens is 264 g/mol. The van der Waals surface area contributed by atoms with E-state index in [0.717, 1.165) is 18.2 Å². The summed E-state index contributed by atoms with van der Waals surface area (Å²) in [6.45, 7) is 0. The van der Waals surface area contributed by atoms with Gasteiger partial charge in [-0.3, -0.25) is 4.79 Å². The second-order valence-electron chi connectivity index (χ2n) is 3.03. The van der Waals surface area contributed by atoms with Gasteiger partial charge in [0, 0.05) is 12.3 Å². The summed E-state index contributed by atoms with van der Waals surface area (Å²) in [5.41, 5.74) is -0.469. The third-order valence-corrected chi connectivity index (χ3v) is 2.00. The number of alkyl halides is 4. The van der Waals surface area contributed by atoms with Gasteiger partial charge in [0.05, 0.1) is 5.56 Å². The Labute approximate surface area is 99.1 Å². The molecule has 0 saturated heterocycles. The molecule has 0 bridgehead atoms. The number of para-hydroxylation sites is 1. The van der Waals surface area contributed by atoms with Gasteiger partial charge in [-0.15, -0.1) is 24.8 Å². The maximum absolute atomic E-state index is 13.2. The highest BCUT2D eigenvalue weighted by Gasteiger charge is 2.34. The topological polar surface area (TPSA) is 26.3 Å². The number of rotatable bonds is 4. The van der Waals surface area contributed by atoms with Gasteiger partial charge in [0.2, 0.25) is 0 Å². The molecule has 0 atom stereocenters. The number of ether oxygens (including phenoxy) is 1. The van der Waals surface area contributed by atoms with E-state index in [1.54, 1.807) is 0 Å². The number of halogens is 5. The van der Waals surface area contributed by atoms with Crippen LogP contribution in [0.25, 0.3) is 0 Å². The van der Waals surface area contributed by atoms with E-state index in [1.165, 1.54) is 0 Å². The quantitative estimate of drug-likeness (QED) is 0.475. The average molecular weight is 271 g/mol. The van der Waals surface area contributed by atoms with Crippen molar-refractivity contribution in [3.8, 4) is 5.75 Å². The van der Waals surface area contributed by atoms with Crippen LogP contribution in [0.5, 0.6) is 5.75 Å². The Hall–Kier alpha value is -1.30. The molecule has 0 N–H and O–H groups in total. The maximum Gasteiger partial charge on any atom is 0.573 e. The molecular formula is C10H7ClF4O2. The zero-order chi connectivity index (χ0) is 13.1. The molecule has 0 aliphatic rings. The Balaban J connectivity index is 3.13. The minimum Gasteiger partial charge on any atom is -0.402 e. The van der Waals surface area contributed by atoms with Crippen LogP contribution in [0.3, 0.4) is 0 Å². The monoisotopic (exact) mass is 270 g/mol. The van der Waals surface area contributed by atoms with Crippen LogP contribution in [-0.2, 0) is 0 Å². The van der Waals surface area contributed by atoms with Gasteiger partial charge in [-0.05, 0) is 12.1 Å². The van der Waals surface area contributed by atoms with Gasteiger partial charge in [-0.25, -0.2) is 4.39 Å². The zero-order valence-electron chi connectivity index (χ0n) is 8.35. The van der Waals surface area contributed by atoms with E-state index < -0.39 is 29.3 Å². The summed E-state index contributed by atoms with van der Waals surface area (Å²) in [5.74, 6) is -3.14. The lowest BCUT2D eigenvalue weighted by Gasteiger charge is -2.12. The Morgan fingerprint density at radius 1 is 1.35 bits per heavy atom. The van der Waals surface area contributed by atoms with Gasteiger partial charge in [0.1, 0.15) is 0 Å². The van der Waals surface area contributed by atoms with Crippen molar-refractivity contribution in [1.82, 2.24) is 0 Å². The van der Waals surface area contributed by atoms with Gasteiger partial charge in [0.15, 0.2) is 17.3 Å². The first kappa shape index (κ1) is 13.8. The number of carbonyl (C=O) groups excluding carboxylic acids is 1. The van der Waals surface area contributed by atoms with E-state index in [4.69, 9.17) is 11.6 Å². The lowest BCUT2D eigenvalue weighted by molar-refractivity contribution is -0.275. The Kier molecular flexibility index (Phi) is 4.34. The normalized spacial score (nSPS) is 11.4. The van der Waals surface area contributed by atoms with Crippen LogP contribution < -0.4 is 4.74 Å². The number of ketones is 1. The first-order valence-corrected chi connectivity index (χ1v) is 5.02.